The predicted octanol–water partition coefficient (Wildman–Crippen LogP) is -4.53. The first-order chi connectivity index (χ1) is 13.4. The van der Waals surface area contributed by atoms with Crippen molar-refractivity contribution < 1.29 is 26.6 Å². The van der Waals surface area contributed by atoms with Gasteiger partial charge in [-0.2, -0.15) is 0 Å². The summed E-state index contributed by atoms with van der Waals surface area (Å²) in [5.41, 5.74) is 1.00. The Bertz CT molecular complexity index is 344. The normalized spacial score (nSPS) is 21.0. The lowest BCUT2D eigenvalue weighted by molar-refractivity contribution is 0.339. The van der Waals surface area contributed by atoms with Crippen LogP contribution in [0.2, 0.25) is 11.1 Å². The summed E-state index contributed by atoms with van der Waals surface area (Å²) >= 11 is 0. The average Bonchev–Trinajstić information content (AvgIpc) is 2.66. The second-order valence-corrected chi connectivity index (χ2v) is 22.4. The summed E-state index contributed by atoms with van der Waals surface area (Å²) in [5.74, 6) is 0. The molecule has 0 radical (unpaired) electrons. The molecule has 0 heterocycles. The molecule has 2 N–H and O–H groups in total. The molecular weight excluding hydrogens is 461 g/mol. The molecule has 0 fully saturated rings. The van der Waals surface area contributed by atoms with Crippen LogP contribution in [0.5, 0.6) is 0 Å². The monoisotopic (exact) mass is 504 g/mol. The third kappa shape index (κ3) is 9.42. The highest BCUT2D eigenvalue weighted by Gasteiger charge is 2.40. The van der Waals surface area contributed by atoms with E-state index in [0.29, 0.717) is 11.1 Å². The van der Waals surface area contributed by atoms with Crippen LogP contribution in [0.25, 0.3) is 0 Å². The number of hydrogen-bond acceptors (Lipinski definition) is 8. The number of nitrogens with one attached hydrogen (secondary N) is 2. The summed E-state index contributed by atoms with van der Waals surface area (Å²) < 4.78 is 34.0. The van der Waals surface area contributed by atoms with E-state index in [0.717, 1.165) is 13.1 Å². The molecule has 0 saturated carbocycles. The van der Waals surface area contributed by atoms with Gasteiger partial charge in [0.15, 0.2) is 58.6 Å². The molecule has 0 bridgehead atoms. The zero-order valence-electron chi connectivity index (χ0n) is 19.3. The molecule has 0 aliphatic rings. The van der Waals surface area contributed by atoms with Crippen LogP contribution < -0.4 is 10.6 Å². The summed E-state index contributed by atoms with van der Waals surface area (Å²) in [6.45, 7) is 6.35. The lowest BCUT2D eigenvalue weighted by atomic mass is 10.4. The summed E-state index contributed by atoms with van der Waals surface area (Å²) in [6.07, 6.45) is 0. The Morgan fingerprint density at radius 1 is 0.571 bits per heavy atom. The number of hydrogen-bond donors (Lipinski definition) is 2. The van der Waals surface area contributed by atoms with Gasteiger partial charge in [0.25, 0.3) is 0 Å². The van der Waals surface area contributed by atoms with E-state index in [1.165, 1.54) is 0 Å². The van der Waals surface area contributed by atoms with Crippen molar-refractivity contribution in [3.05, 3.63) is 0 Å². The van der Waals surface area contributed by atoms with E-state index >= 15 is 0 Å². The van der Waals surface area contributed by atoms with Crippen LogP contribution in [-0.2, 0) is 26.6 Å². The molecule has 0 saturated heterocycles. The molecule has 8 nitrogen and oxygen atoms in total. The maximum atomic E-state index is 5.71. The van der Waals surface area contributed by atoms with Crippen LogP contribution in [0, 0.1) is 0 Å². The van der Waals surface area contributed by atoms with Gasteiger partial charge in [0.05, 0.1) is 0 Å². The molecule has 0 aromatic carbocycles. The van der Waals surface area contributed by atoms with Crippen LogP contribution >= 0.6 is 0 Å². The minimum atomic E-state index is -0.748. The van der Waals surface area contributed by atoms with Gasteiger partial charge >= 0.3 is 0 Å². The van der Waals surface area contributed by atoms with Gasteiger partial charge in [0.2, 0.25) is 0 Å². The topological polar surface area (TPSA) is 79.4 Å². The van der Waals surface area contributed by atoms with E-state index in [-0.39, 0.29) is 9.57 Å². The van der Waals surface area contributed by atoms with E-state index < -0.39 is 58.6 Å². The molecule has 2 unspecified atom stereocenters. The van der Waals surface area contributed by atoms with Crippen molar-refractivity contribution in [2.75, 3.05) is 55.7 Å². The fourth-order valence-corrected chi connectivity index (χ4v) is 15.9. The Morgan fingerprint density at radius 3 is 1.07 bits per heavy atom. The molecule has 2 atom stereocenters. The molecule has 0 rings (SSSR count). The van der Waals surface area contributed by atoms with E-state index in [4.69, 9.17) is 26.6 Å². The highest BCUT2D eigenvalue weighted by molar-refractivity contribution is 6.60. The van der Waals surface area contributed by atoms with E-state index in [1.807, 2.05) is 42.7 Å². The molecule has 0 amide bonds. The van der Waals surface area contributed by atoms with Crippen molar-refractivity contribution >= 4 is 58.6 Å². The molecule has 170 valence electrons. The van der Waals surface area contributed by atoms with Crippen LogP contribution in [0.3, 0.4) is 0 Å². The van der Waals surface area contributed by atoms with Crippen LogP contribution in [0.4, 0.5) is 0 Å². The van der Waals surface area contributed by atoms with Gasteiger partial charge in [-0.25, -0.2) is 0 Å². The summed E-state index contributed by atoms with van der Waals surface area (Å²) in [6, 6.07) is 0. The second kappa shape index (κ2) is 16.6. The quantitative estimate of drug-likeness (QED) is 0.135. The maximum absolute atomic E-state index is 5.71. The lowest BCUT2D eigenvalue weighted by Gasteiger charge is -2.40. The second-order valence-electron chi connectivity index (χ2n) is 7.61. The van der Waals surface area contributed by atoms with Gasteiger partial charge in [0, 0.05) is 65.3 Å². The lowest BCUT2D eigenvalue weighted by Crippen LogP contribution is -2.64. The largest absolute Gasteiger partial charge is 0.427 e. The Hall–Kier alpha value is 0.981. The fraction of sp³-hybridized carbons (Fsp3) is 1.00. The Balaban J connectivity index is 5.10. The van der Waals surface area contributed by atoms with Crippen molar-refractivity contribution in [2.24, 2.45) is 0 Å². The van der Waals surface area contributed by atoms with E-state index in [1.54, 1.807) is 0 Å². The molecule has 0 aromatic heterocycles. The van der Waals surface area contributed by atoms with Gasteiger partial charge in [-0.3, -0.25) is 0 Å². The first kappa shape index (κ1) is 29.0. The van der Waals surface area contributed by atoms with Crippen molar-refractivity contribution in [1.82, 2.24) is 10.6 Å². The SMILES string of the molecule is CO[SiH2]C(C)C(NCCNC([SiH2]OC)([SiH2]OC)C(C)[SiH2]OC)([SiH2]OC)[SiH2]OC. The fourth-order valence-electron chi connectivity index (χ4n) is 3.68. The predicted molar refractivity (Wildman–Crippen MR) is 134 cm³/mol. The molecule has 0 aromatic rings. The first-order valence-corrected chi connectivity index (χ1v) is 17.8. The zero-order chi connectivity index (χ0) is 21.5. The molecule has 0 spiro atoms. The maximum Gasteiger partial charge on any atom is 0.179 e. The Morgan fingerprint density at radius 2 is 0.857 bits per heavy atom. The third-order valence-electron chi connectivity index (χ3n) is 5.41. The molecular formula is C14H44N2O6Si6. The molecule has 0 aliphatic heterocycles. The van der Waals surface area contributed by atoms with E-state index in [9.17, 15) is 0 Å². The van der Waals surface area contributed by atoms with Gasteiger partial charge in [-0.1, -0.05) is 13.8 Å². The van der Waals surface area contributed by atoms with Gasteiger partial charge < -0.3 is 37.2 Å². The van der Waals surface area contributed by atoms with Crippen molar-refractivity contribution in [1.29, 1.82) is 0 Å². The summed E-state index contributed by atoms with van der Waals surface area (Å²) in [4.78, 5) is 0.0840. The first-order valence-electron chi connectivity index (χ1n) is 9.85. The Labute approximate surface area is 185 Å². The van der Waals surface area contributed by atoms with Crippen molar-refractivity contribution in [2.45, 2.75) is 34.5 Å². The van der Waals surface area contributed by atoms with Crippen molar-refractivity contribution in [3.63, 3.8) is 0 Å². The summed E-state index contributed by atoms with van der Waals surface area (Å²) in [5, 5.41) is 7.68. The molecule has 14 heteroatoms. The minimum Gasteiger partial charge on any atom is -0.427 e. The third-order valence-corrected chi connectivity index (χ3v) is 20.4. The van der Waals surface area contributed by atoms with Gasteiger partial charge in [0.1, 0.15) is 0 Å². The van der Waals surface area contributed by atoms with Crippen LogP contribution in [-0.4, -0.2) is 124 Å². The molecule has 28 heavy (non-hydrogen) atoms. The zero-order valence-corrected chi connectivity index (χ0v) is 27.7. The Kier molecular flexibility index (Phi) is 17.2. The average molecular weight is 505 g/mol. The molecule has 0 aliphatic carbocycles. The number of rotatable bonds is 19. The van der Waals surface area contributed by atoms with Gasteiger partial charge in [-0.05, 0) is 11.1 Å². The van der Waals surface area contributed by atoms with Crippen LogP contribution in [0.15, 0.2) is 0 Å². The smallest absolute Gasteiger partial charge is 0.179 e. The summed E-state index contributed by atoms with van der Waals surface area (Å²) in [7, 11) is 6.72. The highest BCUT2D eigenvalue weighted by Crippen LogP contribution is 2.22. The van der Waals surface area contributed by atoms with E-state index in [2.05, 4.69) is 24.5 Å². The standard InChI is InChI=1S/C14H44N2O6Si6/c1-11(23-17-3)13(25-19-5,26-20-6)15-9-10-16-14(27-21-7,28-22-8)12(2)24-18-4/h11-12,15-16H,9-10,23-28H2,1-8H3. The highest BCUT2D eigenvalue weighted by atomic mass is 28.3. The van der Waals surface area contributed by atoms with Crippen LogP contribution in [0.1, 0.15) is 13.8 Å². The minimum absolute atomic E-state index is 0.0420. The van der Waals surface area contributed by atoms with Gasteiger partial charge in [-0.15, -0.1) is 0 Å². The van der Waals surface area contributed by atoms with Crippen molar-refractivity contribution in [3.8, 4) is 0 Å².